The smallest absolute Gasteiger partial charge is 0.314 e. The van der Waals surface area contributed by atoms with E-state index in [9.17, 15) is 9.59 Å². The number of amides is 1. The minimum Gasteiger partial charge on any atom is -0.465 e. The van der Waals surface area contributed by atoms with Gasteiger partial charge in [-0.1, -0.05) is 6.58 Å². The van der Waals surface area contributed by atoms with Crippen molar-refractivity contribution in [2.75, 3.05) is 6.61 Å². The first-order valence-electron chi connectivity index (χ1n) is 4.12. The Hall–Kier alpha value is -1.32. The maximum atomic E-state index is 11.1. The predicted octanol–water partition coefficient (Wildman–Crippen LogP) is 0.835. The Balaban J connectivity index is 4.09. The molecule has 0 spiro atoms. The van der Waals surface area contributed by atoms with Crippen molar-refractivity contribution >= 4 is 11.9 Å². The Labute approximate surface area is 78.0 Å². The van der Waals surface area contributed by atoms with E-state index in [1.54, 1.807) is 13.8 Å². The molecular formula is C9H15NO3. The van der Waals surface area contributed by atoms with Crippen LogP contribution in [0.5, 0.6) is 0 Å². The van der Waals surface area contributed by atoms with Gasteiger partial charge in [-0.15, -0.1) is 0 Å². The Morgan fingerprint density at radius 2 is 2.08 bits per heavy atom. The summed E-state index contributed by atoms with van der Waals surface area (Å²) < 4.78 is 4.76. The summed E-state index contributed by atoms with van der Waals surface area (Å²) in [6.45, 7) is 8.62. The van der Waals surface area contributed by atoms with Crippen LogP contribution in [0.25, 0.3) is 0 Å². The second-order valence-corrected chi connectivity index (χ2v) is 2.68. The Morgan fingerprint density at radius 1 is 1.54 bits per heavy atom. The molecule has 0 saturated carbocycles. The number of esters is 1. The fourth-order valence-electron chi connectivity index (χ4n) is 0.744. The second kappa shape index (κ2) is 5.35. The monoisotopic (exact) mass is 185 g/mol. The summed E-state index contributed by atoms with van der Waals surface area (Å²) >= 11 is 0. The number of rotatable bonds is 4. The van der Waals surface area contributed by atoms with Crippen LogP contribution in [0.1, 0.15) is 20.8 Å². The van der Waals surface area contributed by atoms with Crippen LogP contribution in [0.15, 0.2) is 12.3 Å². The van der Waals surface area contributed by atoms with E-state index < -0.39 is 5.92 Å². The summed E-state index contributed by atoms with van der Waals surface area (Å²) in [6, 6.07) is 0. The lowest BCUT2D eigenvalue weighted by Gasteiger charge is -2.13. The third-order valence-electron chi connectivity index (χ3n) is 1.50. The van der Waals surface area contributed by atoms with Crippen molar-refractivity contribution < 1.29 is 14.3 Å². The molecule has 4 nitrogen and oxygen atoms in total. The Bertz CT molecular complexity index is 223. The van der Waals surface area contributed by atoms with Gasteiger partial charge in [-0.25, -0.2) is 0 Å². The van der Waals surface area contributed by atoms with Crippen LogP contribution in [-0.4, -0.2) is 18.5 Å². The number of carbonyl (C=O) groups excluding carboxylic acids is 2. The zero-order valence-electron chi connectivity index (χ0n) is 8.22. The number of ether oxygens (including phenoxy) is 1. The van der Waals surface area contributed by atoms with Crippen molar-refractivity contribution in [2.24, 2.45) is 5.92 Å². The molecule has 0 heterocycles. The summed E-state index contributed by atoms with van der Waals surface area (Å²) in [6.07, 6.45) is 0. The molecule has 1 atom stereocenters. The molecule has 1 N–H and O–H groups in total. The molecule has 0 saturated heterocycles. The van der Waals surface area contributed by atoms with Crippen molar-refractivity contribution in [2.45, 2.75) is 20.8 Å². The van der Waals surface area contributed by atoms with Gasteiger partial charge >= 0.3 is 5.97 Å². The lowest BCUT2D eigenvalue weighted by molar-refractivity contribution is -0.146. The number of hydrogen-bond acceptors (Lipinski definition) is 3. The van der Waals surface area contributed by atoms with E-state index in [2.05, 4.69) is 11.9 Å². The number of hydrogen-bond donors (Lipinski definition) is 1. The third-order valence-corrected chi connectivity index (χ3v) is 1.50. The first kappa shape index (κ1) is 11.7. The molecule has 0 aliphatic heterocycles. The van der Waals surface area contributed by atoms with Gasteiger partial charge in [-0.3, -0.25) is 9.59 Å². The zero-order valence-corrected chi connectivity index (χ0v) is 8.22. The molecule has 1 amide bonds. The normalized spacial score (nSPS) is 11.6. The van der Waals surface area contributed by atoms with Crippen molar-refractivity contribution in [1.29, 1.82) is 0 Å². The van der Waals surface area contributed by atoms with Crippen LogP contribution in [0.3, 0.4) is 0 Å². The highest BCUT2D eigenvalue weighted by Gasteiger charge is 2.17. The van der Waals surface area contributed by atoms with E-state index in [0.717, 1.165) is 0 Å². The fraction of sp³-hybridized carbons (Fsp3) is 0.556. The minimum atomic E-state index is -0.496. The molecule has 0 rings (SSSR count). The molecule has 0 bridgehead atoms. The minimum absolute atomic E-state index is 0.235. The maximum absolute atomic E-state index is 11.1. The Kier molecular flexibility index (Phi) is 4.80. The van der Waals surface area contributed by atoms with E-state index in [0.29, 0.717) is 12.3 Å². The van der Waals surface area contributed by atoms with Gasteiger partial charge in [0.15, 0.2) is 0 Å². The van der Waals surface area contributed by atoms with Crippen molar-refractivity contribution in [3.8, 4) is 0 Å². The molecule has 0 aliphatic carbocycles. The lowest BCUT2D eigenvalue weighted by Crippen LogP contribution is -2.28. The van der Waals surface area contributed by atoms with E-state index >= 15 is 0 Å². The molecule has 0 aromatic carbocycles. The first-order valence-corrected chi connectivity index (χ1v) is 4.12. The largest absolute Gasteiger partial charge is 0.465 e. The van der Waals surface area contributed by atoms with Crippen LogP contribution < -0.4 is 5.32 Å². The van der Waals surface area contributed by atoms with E-state index in [1.165, 1.54) is 6.92 Å². The average molecular weight is 185 g/mol. The highest BCUT2D eigenvalue weighted by Crippen LogP contribution is 2.06. The van der Waals surface area contributed by atoms with Gasteiger partial charge < -0.3 is 10.1 Å². The highest BCUT2D eigenvalue weighted by molar-refractivity contribution is 5.79. The SMILES string of the molecule is C=C(NC(C)=O)C(C)C(=O)OCC. The van der Waals surface area contributed by atoms with Gasteiger partial charge in [0.1, 0.15) is 0 Å². The third kappa shape index (κ3) is 4.30. The number of carbonyl (C=O) groups is 2. The molecule has 0 aliphatic rings. The lowest BCUT2D eigenvalue weighted by atomic mass is 10.1. The highest BCUT2D eigenvalue weighted by atomic mass is 16.5. The predicted molar refractivity (Wildman–Crippen MR) is 48.8 cm³/mol. The molecule has 0 fully saturated rings. The molecule has 74 valence electrons. The van der Waals surface area contributed by atoms with Gasteiger partial charge in [-0.2, -0.15) is 0 Å². The van der Waals surface area contributed by atoms with Crippen molar-refractivity contribution in [3.63, 3.8) is 0 Å². The van der Waals surface area contributed by atoms with Crippen LogP contribution in [-0.2, 0) is 14.3 Å². The zero-order chi connectivity index (χ0) is 10.4. The van der Waals surface area contributed by atoms with E-state index in [-0.39, 0.29) is 11.9 Å². The van der Waals surface area contributed by atoms with Gasteiger partial charge in [0.25, 0.3) is 0 Å². The van der Waals surface area contributed by atoms with Crippen molar-refractivity contribution in [3.05, 3.63) is 12.3 Å². The van der Waals surface area contributed by atoms with E-state index in [1.807, 2.05) is 0 Å². The van der Waals surface area contributed by atoms with Crippen molar-refractivity contribution in [1.82, 2.24) is 5.32 Å². The average Bonchev–Trinajstić information content (AvgIpc) is 2.02. The molecule has 13 heavy (non-hydrogen) atoms. The van der Waals surface area contributed by atoms with Gasteiger partial charge in [0.05, 0.1) is 12.5 Å². The summed E-state index contributed by atoms with van der Waals surface area (Å²) in [4.78, 5) is 21.7. The quantitative estimate of drug-likeness (QED) is 0.660. The fourth-order valence-corrected chi connectivity index (χ4v) is 0.744. The Morgan fingerprint density at radius 3 is 2.46 bits per heavy atom. The van der Waals surface area contributed by atoms with Crippen LogP contribution in [0, 0.1) is 5.92 Å². The molecule has 1 unspecified atom stereocenters. The van der Waals surface area contributed by atoms with Crippen LogP contribution in [0.4, 0.5) is 0 Å². The first-order chi connectivity index (χ1) is 5.99. The molecule has 0 aromatic rings. The molecule has 0 aromatic heterocycles. The number of nitrogens with one attached hydrogen (secondary N) is 1. The maximum Gasteiger partial charge on any atom is 0.314 e. The topological polar surface area (TPSA) is 55.4 Å². The van der Waals surface area contributed by atoms with Crippen LogP contribution in [0.2, 0.25) is 0 Å². The van der Waals surface area contributed by atoms with Crippen LogP contribution >= 0.6 is 0 Å². The standard InChI is InChI=1S/C9H15NO3/c1-5-13-9(12)6(2)7(3)10-8(4)11/h6H,3,5H2,1-2,4H3,(H,10,11). The molecule has 0 radical (unpaired) electrons. The van der Waals surface area contributed by atoms with Gasteiger partial charge in [0, 0.05) is 12.6 Å². The molecule has 4 heteroatoms. The summed E-state index contributed by atoms with van der Waals surface area (Å²) in [5, 5.41) is 2.45. The summed E-state index contributed by atoms with van der Waals surface area (Å²) in [7, 11) is 0. The second-order valence-electron chi connectivity index (χ2n) is 2.68. The molecular weight excluding hydrogens is 170 g/mol. The van der Waals surface area contributed by atoms with Gasteiger partial charge in [-0.05, 0) is 13.8 Å². The van der Waals surface area contributed by atoms with E-state index in [4.69, 9.17) is 4.74 Å². The summed E-state index contributed by atoms with van der Waals surface area (Å²) in [5.41, 5.74) is 0.367. The van der Waals surface area contributed by atoms with Gasteiger partial charge in [0.2, 0.25) is 5.91 Å². The summed E-state index contributed by atoms with van der Waals surface area (Å²) in [5.74, 6) is -1.11.